The van der Waals surface area contributed by atoms with Crippen molar-refractivity contribution in [1.82, 2.24) is 15.5 Å². The average molecular weight is 367 g/mol. The zero-order valence-corrected chi connectivity index (χ0v) is 15.8. The Bertz CT molecular complexity index is 606. The third-order valence-corrected chi connectivity index (χ3v) is 4.25. The number of hydrogen-bond donors (Lipinski definition) is 2. The van der Waals surface area contributed by atoms with E-state index < -0.39 is 0 Å². The summed E-state index contributed by atoms with van der Waals surface area (Å²) in [6, 6.07) is 7.55. The van der Waals surface area contributed by atoms with Gasteiger partial charge in [0, 0.05) is 37.1 Å². The van der Waals surface area contributed by atoms with Gasteiger partial charge < -0.3 is 20.3 Å². The highest BCUT2D eigenvalue weighted by Gasteiger charge is 2.27. The van der Waals surface area contributed by atoms with Gasteiger partial charge in [0.1, 0.15) is 12.4 Å². The molecule has 0 spiro atoms. The lowest BCUT2D eigenvalue weighted by Crippen LogP contribution is -2.46. The summed E-state index contributed by atoms with van der Waals surface area (Å²) in [6.07, 6.45) is 0.929. The molecule has 1 fully saturated rings. The van der Waals surface area contributed by atoms with E-state index in [0.29, 0.717) is 18.2 Å². The third kappa shape index (κ3) is 6.12. The fourth-order valence-electron chi connectivity index (χ4n) is 2.73. The summed E-state index contributed by atoms with van der Waals surface area (Å²) < 4.78 is 5.64. The van der Waals surface area contributed by atoms with Crippen LogP contribution in [0.3, 0.4) is 0 Å². The Kier molecular flexibility index (Phi) is 7.37. The number of carbonyl (C=O) groups excluding carboxylic acids is 1. The van der Waals surface area contributed by atoms with Crippen LogP contribution in [0.4, 0.5) is 0 Å². The van der Waals surface area contributed by atoms with Gasteiger partial charge in [-0.2, -0.15) is 0 Å². The van der Waals surface area contributed by atoms with E-state index in [1.54, 1.807) is 13.1 Å². The predicted octanol–water partition coefficient (Wildman–Crippen LogP) is 2.14. The molecule has 25 heavy (non-hydrogen) atoms. The summed E-state index contributed by atoms with van der Waals surface area (Å²) in [5, 5.41) is 7.25. The van der Waals surface area contributed by atoms with Gasteiger partial charge in [-0.3, -0.25) is 9.79 Å². The first-order chi connectivity index (χ1) is 12.0. The molecule has 1 saturated heterocycles. The highest BCUT2D eigenvalue weighted by Crippen LogP contribution is 2.16. The van der Waals surface area contributed by atoms with E-state index in [2.05, 4.69) is 15.6 Å². The molecular weight excluding hydrogens is 340 g/mol. The van der Waals surface area contributed by atoms with Crippen molar-refractivity contribution in [1.29, 1.82) is 0 Å². The molecule has 0 saturated carbocycles. The largest absolute Gasteiger partial charge is 0.492 e. The van der Waals surface area contributed by atoms with Gasteiger partial charge in [-0.25, -0.2) is 0 Å². The van der Waals surface area contributed by atoms with Gasteiger partial charge in [0.25, 0.3) is 0 Å². The fourth-order valence-corrected chi connectivity index (χ4v) is 2.91. The van der Waals surface area contributed by atoms with E-state index in [4.69, 9.17) is 16.3 Å². The first-order valence-electron chi connectivity index (χ1n) is 8.64. The Morgan fingerprint density at radius 3 is 2.96 bits per heavy atom. The molecule has 2 rings (SSSR count). The first-order valence-corrected chi connectivity index (χ1v) is 9.01. The molecule has 1 aliphatic heterocycles. The predicted molar refractivity (Wildman–Crippen MR) is 101 cm³/mol. The second-order valence-corrected chi connectivity index (χ2v) is 6.81. The highest BCUT2D eigenvalue weighted by molar-refractivity contribution is 6.30. The van der Waals surface area contributed by atoms with Crippen molar-refractivity contribution in [2.75, 3.05) is 33.3 Å². The molecule has 138 valence electrons. The number of nitrogens with zero attached hydrogens (tertiary/aromatic N) is 2. The van der Waals surface area contributed by atoms with E-state index in [9.17, 15) is 4.79 Å². The minimum absolute atomic E-state index is 0.0415. The molecule has 7 heteroatoms. The number of ether oxygens (including phenoxy) is 1. The van der Waals surface area contributed by atoms with Gasteiger partial charge in [-0.05, 0) is 24.6 Å². The summed E-state index contributed by atoms with van der Waals surface area (Å²) >= 11 is 5.93. The number of nitrogens with one attached hydrogen (secondary N) is 2. The molecule has 0 radical (unpaired) electrons. The zero-order valence-electron chi connectivity index (χ0n) is 15.1. The minimum Gasteiger partial charge on any atom is -0.492 e. The number of hydrogen-bond acceptors (Lipinski definition) is 3. The highest BCUT2D eigenvalue weighted by atomic mass is 35.5. The second-order valence-electron chi connectivity index (χ2n) is 6.37. The van der Waals surface area contributed by atoms with Crippen molar-refractivity contribution in [3.8, 4) is 5.75 Å². The lowest BCUT2D eigenvalue weighted by molar-refractivity contribution is -0.133. The van der Waals surface area contributed by atoms with Crippen LogP contribution in [0.25, 0.3) is 0 Å². The van der Waals surface area contributed by atoms with E-state index in [1.165, 1.54) is 0 Å². The van der Waals surface area contributed by atoms with Crippen molar-refractivity contribution in [3.05, 3.63) is 29.3 Å². The SMILES string of the molecule is CN=C(NCCOc1cccc(Cl)c1)NC1CCN(C(=O)C(C)C)C1. The first kappa shape index (κ1) is 19.4. The monoisotopic (exact) mass is 366 g/mol. The van der Waals surface area contributed by atoms with Crippen LogP contribution in [0, 0.1) is 5.92 Å². The normalized spacial score (nSPS) is 17.7. The molecule has 1 unspecified atom stereocenters. The molecule has 0 aliphatic carbocycles. The number of aliphatic imine (C=N–C) groups is 1. The van der Waals surface area contributed by atoms with Crippen molar-refractivity contribution in [2.24, 2.45) is 10.9 Å². The summed E-state index contributed by atoms with van der Waals surface area (Å²) in [7, 11) is 1.74. The van der Waals surface area contributed by atoms with Crippen LogP contribution in [0.15, 0.2) is 29.3 Å². The topological polar surface area (TPSA) is 66.0 Å². The molecule has 1 aromatic carbocycles. The summed E-state index contributed by atoms with van der Waals surface area (Å²) in [4.78, 5) is 18.2. The minimum atomic E-state index is 0.0415. The molecule has 0 aromatic heterocycles. The average Bonchev–Trinajstić information content (AvgIpc) is 3.05. The Hall–Kier alpha value is -1.95. The second kappa shape index (κ2) is 9.51. The Balaban J connectivity index is 1.70. The number of carbonyl (C=O) groups is 1. The summed E-state index contributed by atoms with van der Waals surface area (Å²) in [5.41, 5.74) is 0. The molecule has 6 nitrogen and oxygen atoms in total. The van der Waals surface area contributed by atoms with Crippen LogP contribution in [-0.2, 0) is 4.79 Å². The van der Waals surface area contributed by atoms with Gasteiger partial charge in [-0.1, -0.05) is 31.5 Å². The van der Waals surface area contributed by atoms with Gasteiger partial charge in [-0.15, -0.1) is 0 Å². The van der Waals surface area contributed by atoms with E-state index in [1.807, 2.05) is 36.9 Å². The number of guanidine groups is 1. The van der Waals surface area contributed by atoms with Gasteiger partial charge in [0.05, 0.1) is 6.54 Å². The number of likely N-dealkylation sites (tertiary alicyclic amines) is 1. The Labute approximate surface area is 154 Å². The lowest BCUT2D eigenvalue weighted by atomic mass is 10.2. The lowest BCUT2D eigenvalue weighted by Gasteiger charge is -2.20. The maximum absolute atomic E-state index is 12.0. The molecule has 1 aromatic rings. The van der Waals surface area contributed by atoms with Crippen molar-refractivity contribution >= 4 is 23.5 Å². The number of benzene rings is 1. The molecule has 1 atom stereocenters. The van der Waals surface area contributed by atoms with Crippen LogP contribution >= 0.6 is 11.6 Å². The molecular formula is C18H27ClN4O2. The van der Waals surface area contributed by atoms with Crippen LogP contribution in [0.5, 0.6) is 5.75 Å². The van der Waals surface area contributed by atoms with Crippen LogP contribution in [-0.4, -0.2) is 56.1 Å². The van der Waals surface area contributed by atoms with Gasteiger partial charge in [0.15, 0.2) is 5.96 Å². The maximum Gasteiger partial charge on any atom is 0.225 e. The smallest absolute Gasteiger partial charge is 0.225 e. The molecule has 0 bridgehead atoms. The summed E-state index contributed by atoms with van der Waals surface area (Å²) in [6.45, 7) is 6.50. The number of amides is 1. The molecule has 1 aliphatic rings. The van der Waals surface area contributed by atoms with E-state index >= 15 is 0 Å². The van der Waals surface area contributed by atoms with Gasteiger partial charge in [0.2, 0.25) is 5.91 Å². The molecule has 2 N–H and O–H groups in total. The quantitative estimate of drug-likeness (QED) is 0.460. The van der Waals surface area contributed by atoms with Gasteiger partial charge >= 0.3 is 0 Å². The number of rotatable bonds is 6. The van der Waals surface area contributed by atoms with Crippen LogP contribution in [0.1, 0.15) is 20.3 Å². The standard InChI is InChI=1S/C18H27ClN4O2/c1-13(2)17(24)23-9-7-15(12-23)22-18(20-3)21-8-10-25-16-6-4-5-14(19)11-16/h4-6,11,13,15H,7-10,12H2,1-3H3,(H2,20,21,22). The Morgan fingerprint density at radius 1 is 1.48 bits per heavy atom. The molecule has 1 heterocycles. The van der Waals surface area contributed by atoms with Crippen molar-refractivity contribution < 1.29 is 9.53 Å². The maximum atomic E-state index is 12.0. The van der Waals surface area contributed by atoms with E-state index in [0.717, 1.165) is 31.2 Å². The summed E-state index contributed by atoms with van der Waals surface area (Å²) in [5.74, 6) is 1.72. The Morgan fingerprint density at radius 2 is 2.28 bits per heavy atom. The van der Waals surface area contributed by atoms with Crippen LogP contribution < -0.4 is 15.4 Å². The number of halogens is 1. The van der Waals surface area contributed by atoms with E-state index in [-0.39, 0.29) is 17.9 Å². The third-order valence-electron chi connectivity index (χ3n) is 4.02. The van der Waals surface area contributed by atoms with Crippen molar-refractivity contribution in [3.63, 3.8) is 0 Å². The van der Waals surface area contributed by atoms with Crippen molar-refractivity contribution in [2.45, 2.75) is 26.3 Å². The fraction of sp³-hybridized carbons (Fsp3) is 0.556. The van der Waals surface area contributed by atoms with Crippen LogP contribution in [0.2, 0.25) is 5.02 Å². The molecule has 1 amide bonds. The zero-order chi connectivity index (χ0) is 18.2.